The van der Waals surface area contributed by atoms with Gasteiger partial charge < -0.3 is 14.9 Å². The normalized spacial score (nSPS) is 9.79. The number of aromatic amines is 1. The van der Waals surface area contributed by atoms with E-state index in [1.807, 2.05) is 0 Å². The van der Waals surface area contributed by atoms with Gasteiger partial charge in [0.1, 0.15) is 11.5 Å². The SMILES string of the molecule is O=C([O-])c1nc2c(Cl)cccc2[nH]1.[Li+]. The second-order valence-electron chi connectivity index (χ2n) is 2.51. The second kappa shape index (κ2) is 4.05. The first-order valence-electron chi connectivity index (χ1n) is 3.54. The molecule has 6 heteroatoms. The fourth-order valence-electron chi connectivity index (χ4n) is 1.09. The van der Waals surface area contributed by atoms with Crippen LogP contribution in [0.5, 0.6) is 0 Å². The van der Waals surface area contributed by atoms with E-state index in [2.05, 4.69) is 9.97 Å². The summed E-state index contributed by atoms with van der Waals surface area (Å²) < 4.78 is 0. The van der Waals surface area contributed by atoms with Crippen molar-refractivity contribution in [2.45, 2.75) is 0 Å². The van der Waals surface area contributed by atoms with Crippen LogP contribution in [0.4, 0.5) is 0 Å². The van der Waals surface area contributed by atoms with Crippen LogP contribution in [0.2, 0.25) is 5.02 Å². The Kier molecular flexibility index (Phi) is 3.22. The summed E-state index contributed by atoms with van der Waals surface area (Å²) in [4.78, 5) is 16.8. The summed E-state index contributed by atoms with van der Waals surface area (Å²) in [5.41, 5.74) is 1.04. The molecular weight excluding hydrogens is 198 g/mol. The zero-order valence-electron chi connectivity index (χ0n) is 7.37. The van der Waals surface area contributed by atoms with Gasteiger partial charge >= 0.3 is 18.9 Å². The molecule has 0 atom stereocenters. The molecule has 14 heavy (non-hydrogen) atoms. The van der Waals surface area contributed by atoms with E-state index in [1.165, 1.54) is 0 Å². The van der Waals surface area contributed by atoms with Crippen molar-refractivity contribution in [1.82, 2.24) is 9.97 Å². The number of fused-ring (bicyclic) bond motifs is 1. The maximum Gasteiger partial charge on any atom is 1.00 e. The van der Waals surface area contributed by atoms with Gasteiger partial charge in [-0.2, -0.15) is 0 Å². The third-order valence-electron chi connectivity index (χ3n) is 1.66. The molecule has 2 rings (SSSR count). The number of rotatable bonds is 1. The molecule has 4 nitrogen and oxygen atoms in total. The Balaban J connectivity index is 0.000000980. The Morgan fingerprint density at radius 1 is 1.50 bits per heavy atom. The summed E-state index contributed by atoms with van der Waals surface area (Å²) in [5.74, 6) is -1.55. The molecule has 0 aliphatic carbocycles. The van der Waals surface area contributed by atoms with Crippen LogP contribution in [0.25, 0.3) is 11.0 Å². The molecular formula is C8H4ClLiN2O2. The number of halogens is 1. The average Bonchev–Trinajstić information content (AvgIpc) is 2.49. The van der Waals surface area contributed by atoms with Crippen LogP contribution in [0.1, 0.15) is 10.6 Å². The van der Waals surface area contributed by atoms with Crippen molar-refractivity contribution in [2.24, 2.45) is 0 Å². The number of carbonyl (C=O) groups is 1. The Morgan fingerprint density at radius 2 is 2.21 bits per heavy atom. The van der Waals surface area contributed by atoms with Crippen molar-refractivity contribution >= 4 is 28.6 Å². The molecule has 0 radical (unpaired) electrons. The maximum atomic E-state index is 10.4. The molecule has 1 N–H and O–H groups in total. The summed E-state index contributed by atoms with van der Waals surface area (Å²) >= 11 is 5.78. The van der Waals surface area contributed by atoms with Gasteiger partial charge in [-0.05, 0) is 12.1 Å². The molecule has 0 spiro atoms. The van der Waals surface area contributed by atoms with Crippen molar-refractivity contribution in [1.29, 1.82) is 0 Å². The predicted molar refractivity (Wildman–Crippen MR) is 45.4 cm³/mol. The molecule has 0 saturated carbocycles. The van der Waals surface area contributed by atoms with E-state index in [9.17, 15) is 9.90 Å². The van der Waals surface area contributed by atoms with E-state index in [0.29, 0.717) is 16.1 Å². The molecule has 0 bridgehead atoms. The molecule has 1 heterocycles. The van der Waals surface area contributed by atoms with E-state index in [4.69, 9.17) is 11.6 Å². The third-order valence-corrected chi connectivity index (χ3v) is 1.96. The number of hydrogen-bond acceptors (Lipinski definition) is 3. The fraction of sp³-hybridized carbons (Fsp3) is 0. The summed E-state index contributed by atoms with van der Waals surface area (Å²) in [7, 11) is 0. The third kappa shape index (κ3) is 1.78. The number of aromatic nitrogens is 2. The number of nitrogens with zero attached hydrogens (tertiary/aromatic N) is 1. The zero-order chi connectivity index (χ0) is 9.42. The Morgan fingerprint density at radius 3 is 2.79 bits per heavy atom. The first-order chi connectivity index (χ1) is 6.18. The van der Waals surface area contributed by atoms with E-state index in [-0.39, 0.29) is 24.7 Å². The monoisotopic (exact) mass is 202 g/mol. The minimum Gasteiger partial charge on any atom is -0.542 e. The van der Waals surface area contributed by atoms with E-state index >= 15 is 0 Å². The van der Waals surface area contributed by atoms with Crippen LogP contribution in [0.3, 0.4) is 0 Å². The first-order valence-corrected chi connectivity index (χ1v) is 3.92. The van der Waals surface area contributed by atoms with Crippen molar-refractivity contribution in [3.8, 4) is 0 Å². The van der Waals surface area contributed by atoms with Crippen LogP contribution in [-0.4, -0.2) is 15.9 Å². The van der Waals surface area contributed by atoms with Gasteiger partial charge in [0.25, 0.3) is 0 Å². The Hall–Kier alpha value is -0.953. The molecule has 0 fully saturated rings. The van der Waals surface area contributed by atoms with Crippen LogP contribution in [0.15, 0.2) is 18.2 Å². The minimum atomic E-state index is -1.34. The number of hydrogen-bond donors (Lipinski definition) is 1. The standard InChI is InChI=1S/C8H5ClN2O2.Li/c9-4-2-1-3-5-6(4)11-7(10-5)8(12)13;/h1-3H,(H,10,11)(H,12,13);/q;+1/p-1. The van der Waals surface area contributed by atoms with Gasteiger partial charge in [0.2, 0.25) is 0 Å². The van der Waals surface area contributed by atoms with Gasteiger partial charge in [-0.3, -0.25) is 0 Å². The number of carboxylic acid groups (broad SMARTS) is 1. The van der Waals surface area contributed by atoms with Crippen LogP contribution >= 0.6 is 11.6 Å². The molecule has 1 aromatic carbocycles. The summed E-state index contributed by atoms with van der Waals surface area (Å²) in [6.45, 7) is 0. The van der Waals surface area contributed by atoms with Crippen molar-refractivity contribution < 1.29 is 28.8 Å². The Bertz CT molecular complexity index is 483. The van der Waals surface area contributed by atoms with Crippen molar-refractivity contribution in [2.75, 3.05) is 0 Å². The largest absolute Gasteiger partial charge is 1.00 e. The predicted octanol–water partition coefficient (Wildman–Crippen LogP) is -2.42. The molecule has 2 aromatic rings. The number of nitrogens with one attached hydrogen (secondary N) is 1. The van der Waals surface area contributed by atoms with E-state index in [0.717, 1.165) is 0 Å². The fourth-order valence-corrected chi connectivity index (χ4v) is 1.31. The average molecular weight is 203 g/mol. The quantitative estimate of drug-likeness (QED) is 0.524. The summed E-state index contributed by atoms with van der Waals surface area (Å²) in [5, 5.41) is 10.9. The van der Waals surface area contributed by atoms with Crippen molar-refractivity contribution in [3.63, 3.8) is 0 Å². The molecule has 0 aliphatic heterocycles. The number of benzene rings is 1. The Labute approximate surface area is 96.5 Å². The van der Waals surface area contributed by atoms with Gasteiger partial charge in [0.05, 0.1) is 10.5 Å². The summed E-state index contributed by atoms with van der Waals surface area (Å²) in [6.07, 6.45) is 0. The minimum absolute atomic E-state index is 0. The molecule has 0 saturated heterocycles. The number of H-pyrrole nitrogens is 1. The van der Waals surface area contributed by atoms with Gasteiger partial charge in [-0.15, -0.1) is 0 Å². The topological polar surface area (TPSA) is 68.8 Å². The van der Waals surface area contributed by atoms with Gasteiger partial charge in [-0.25, -0.2) is 4.98 Å². The van der Waals surface area contributed by atoms with Gasteiger partial charge in [0.15, 0.2) is 5.82 Å². The number of carboxylic acids is 1. The van der Waals surface area contributed by atoms with Crippen LogP contribution in [0, 0.1) is 0 Å². The molecule has 0 unspecified atom stereocenters. The van der Waals surface area contributed by atoms with Crippen LogP contribution < -0.4 is 24.0 Å². The smallest absolute Gasteiger partial charge is 0.542 e. The second-order valence-corrected chi connectivity index (χ2v) is 2.92. The number of aromatic carboxylic acids is 1. The van der Waals surface area contributed by atoms with Crippen LogP contribution in [-0.2, 0) is 0 Å². The molecule has 0 amide bonds. The molecule has 66 valence electrons. The maximum absolute atomic E-state index is 10.4. The van der Waals surface area contributed by atoms with E-state index in [1.54, 1.807) is 18.2 Å². The van der Waals surface area contributed by atoms with Crippen molar-refractivity contribution in [3.05, 3.63) is 29.0 Å². The number of imidazole rings is 1. The van der Waals surface area contributed by atoms with E-state index < -0.39 is 5.97 Å². The first kappa shape index (κ1) is 11.1. The summed E-state index contributed by atoms with van der Waals surface area (Å²) in [6, 6.07) is 5.05. The molecule has 0 aliphatic rings. The number of para-hydroxylation sites is 1. The van der Waals surface area contributed by atoms with Gasteiger partial charge in [-0.1, -0.05) is 17.7 Å². The molecule has 1 aromatic heterocycles. The zero-order valence-corrected chi connectivity index (χ0v) is 8.13. The number of carbonyl (C=O) groups excluding carboxylic acids is 1. The van der Waals surface area contributed by atoms with Gasteiger partial charge in [0, 0.05) is 0 Å².